The van der Waals surface area contributed by atoms with E-state index < -0.39 is 23.6 Å². The molecule has 4 rings (SSSR count). The molecule has 0 saturated carbocycles. The molecule has 8 heteroatoms. The number of carbonyl (C=O) groups excluding carboxylic acids is 2. The van der Waals surface area contributed by atoms with E-state index in [1.54, 1.807) is 25.1 Å². The molecule has 2 aromatic carbocycles. The van der Waals surface area contributed by atoms with E-state index in [9.17, 15) is 14.7 Å². The number of aliphatic hydroxyl groups excluding tert-OH is 1. The molecule has 2 aliphatic rings. The van der Waals surface area contributed by atoms with Gasteiger partial charge in [0.1, 0.15) is 24.0 Å². The van der Waals surface area contributed by atoms with Gasteiger partial charge >= 0.3 is 6.03 Å². The largest absolute Gasteiger partial charge is 0.490 e. The first kappa shape index (κ1) is 20.0. The van der Waals surface area contributed by atoms with E-state index in [4.69, 9.17) is 14.2 Å². The maximum Gasteiger partial charge on any atom is 0.325 e. The van der Waals surface area contributed by atoms with Gasteiger partial charge in [-0.2, -0.15) is 0 Å². The molecule has 1 fully saturated rings. The Labute approximate surface area is 174 Å². The summed E-state index contributed by atoms with van der Waals surface area (Å²) < 4.78 is 16.4. The number of benzene rings is 2. The summed E-state index contributed by atoms with van der Waals surface area (Å²) in [7, 11) is 0. The van der Waals surface area contributed by atoms with Gasteiger partial charge in [0.15, 0.2) is 11.5 Å². The van der Waals surface area contributed by atoms with Crippen LogP contribution in [0.5, 0.6) is 17.2 Å². The minimum absolute atomic E-state index is 0.0382. The Morgan fingerprint density at radius 1 is 1.17 bits per heavy atom. The highest BCUT2D eigenvalue weighted by Crippen LogP contribution is 2.37. The second-order valence-electron chi connectivity index (χ2n) is 7.72. The van der Waals surface area contributed by atoms with E-state index in [1.165, 1.54) is 0 Å². The molecule has 158 valence electrons. The summed E-state index contributed by atoms with van der Waals surface area (Å²) in [6.45, 7) is 5.38. The number of amides is 3. The van der Waals surface area contributed by atoms with E-state index in [0.717, 1.165) is 16.0 Å². The summed E-state index contributed by atoms with van der Waals surface area (Å²) in [5, 5.41) is 13.1. The molecule has 3 amide bonds. The topological polar surface area (TPSA) is 97.3 Å². The number of aliphatic hydroxyl groups is 1. The number of rotatable bonds is 6. The third-order valence-electron chi connectivity index (χ3n) is 5.45. The van der Waals surface area contributed by atoms with Crippen LogP contribution >= 0.6 is 0 Å². The molecule has 1 saturated heterocycles. The van der Waals surface area contributed by atoms with Crippen molar-refractivity contribution in [2.75, 3.05) is 19.9 Å². The van der Waals surface area contributed by atoms with Gasteiger partial charge in [-0.1, -0.05) is 24.3 Å². The highest BCUT2D eigenvalue weighted by molar-refractivity contribution is 6.07. The van der Waals surface area contributed by atoms with E-state index in [1.807, 2.05) is 32.0 Å². The molecule has 2 heterocycles. The van der Waals surface area contributed by atoms with Crippen LogP contribution in [0.15, 0.2) is 36.4 Å². The summed E-state index contributed by atoms with van der Waals surface area (Å²) in [5.74, 6) is 1.36. The Morgan fingerprint density at radius 2 is 1.87 bits per heavy atom. The molecule has 30 heavy (non-hydrogen) atoms. The fraction of sp³-hybridized carbons (Fsp3) is 0.364. The van der Waals surface area contributed by atoms with Crippen LogP contribution in [0.3, 0.4) is 0 Å². The van der Waals surface area contributed by atoms with Crippen molar-refractivity contribution in [2.24, 2.45) is 0 Å². The minimum atomic E-state index is -1.26. The van der Waals surface area contributed by atoms with Gasteiger partial charge in [-0.3, -0.25) is 9.69 Å². The molecular formula is C22H24N2O6. The predicted molar refractivity (Wildman–Crippen MR) is 108 cm³/mol. The molecule has 2 atom stereocenters. The van der Waals surface area contributed by atoms with Gasteiger partial charge in [0, 0.05) is 0 Å². The van der Waals surface area contributed by atoms with E-state index >= 15 is 0 Å². The molecule has 0 spiro atoms. The van der Waals surface area contributed by atoms with Gasteiger partial charge in [-0.25, -0.2) is 4.79 Å². The maximum atomic E-state index is 13.1. The zero-order chi connectivity index (χ0) is 21.5. The zero-order valence-electron chi connectivity index (χ0n) is 17.1. The van der Waals surface area contributed by atoms with Crippen LogP contribution in [0.2, 0.25) is 0 Å². The van der Waals surface area contributed by atoms with Gasteiger partial charge in [0.2, 0.25) is 6.79 Å². The highest BCUT2D eigenvalue weighted by atomic mass is 16.7. The number of para-hydroxylation sites is 1. The molecule has 0 aromatic heterocycles. The number of β-amino-alcohol motifs (C(OH)–C–C–N with tert-alkyl or cyclic N) is 1. The number of hydrogen-bond donors (Lipinski definition) is 2. The van der Waals surface area contributed by atoms with Crippen LogP contribution < -0.4 is 19.5 Å². The number of aryl methyl sites for hydroxylation is 2. The van der Waals surface area contributed by atoms with E-state index in [-0.39, 0.29) is 19.9 Å². The lowest BCUT2D eigenvalue weighted by Gasteiger charge is -2.23. The number of hydrogen-bond acceptors (Lipinski definition) is 6. The third-order valence-corrected chi connectivity index (χ3v) is 5.45. The Morgan fingerprint density at radius 3 is 2.60 bits per heavy atom. The number of nitrogens with zero attached hydrogens (tertiary/aromatic N) is 1. The van der Waals surface area contributed by atoms with Gasteiger partial charge in [-0.05, 0) is 49.6 Å². The van der Waals surface area contributed by atoms with Crippen LogP contribution in [0, 0.1) is 13.8 Å². The van der Waals surface area contributed by atoms with Crippen LogP contribution in [0.25, 0.3) is 0 Å². The van der Waals surface area contributed by atoms with Crippen molar-refractivity contribution in [3.8, 4) is 17.2 Å². The first-order valence-corrected chi connectivity index (χ1v) is 9.71. The van der Waals surface area contributed by atoms with Gasteiger partial charge in [0.25, 0.3) is 5.91 Å². The molecule has 0 bridgehead atoms. The smallest absolute Gasteiger partial charge is 0.325 e. The minimum Gasteiger partial charge on any atom is -0.490 e. The second kappa shape index (κ2) is 7.53. The third kappa shape index (κ3) is 3.43. The molecule has 0 radical (unpaired) electrons. The Kier molecular flexibility index (Phi) is 5.03. The first-order valence-electron chi connectivity index (χ1n) is 9.71. The number of fused-ring (bicyclic) bond motifs is 1. The van der Waals surface area contributed by atoms with Crippen molar-refractivity contribution in [1.82, 2.24) is 10.2 Å². The molecule has 2 N–H and O–H groups in total. The van der Waals surface area contributed by atoms with Crippen molar-refractivity contribution in [3.05, 3.63) is 53.1 Å². The zero-order valence-corrected chi connectivity index (χ0v) is 17.1. The van der Waals surface area contributed by atoms with Gasteiger partial charge in [-0.15, -0.1) is 0 Å². The molecule has 8 nitrogen and oxygen atoms in total. The Hall–Kier alpha value is -3.26. The van der Waals surface area contributed by atoms with Crippen LogP contribution in [0.1, 0.15) is 23.6 Å². The first-order chi connectivity index (χ1) is 14.3. The second-order valence-corrected chi connectivity index (χ2v) is 7.72. The van der Waals surface area contributed by atoms with Crippen molar-refractivity contribution in [1.29, 1.82) is 0 Å². The summed E-state index contributed by atoms with van der Waals surface area (Å²) in [5.41, 5.74) is 1.22. The summed E-state index contributed by atoms with van der Waals surface area (Å²) in [6.07, 6.45) is -1.03. The van der Waals surface area contributed by atoms with Crippen molar-refractivity contribution >= 4 is 11.9 Å². The Balaban J connectivity index is 1.45. The molecule has 2 aliphatic heterocycles. The average Bonchev–Trinajstić information content (AvgIpc) is 3.26. The quantitative estimate of drug-likeness (QED) is 0.707. The normalized spacial score (nSPS) is 21.0. The lowest BCUT2D eigenvalue weighted by atomic mass is 9.91. The average molecular weight is 412 g/mol. The van der Waals surface area contributed by atoms with Crippen molar-refractivity contribution < 1.29 is 28.9 Å². The summed E-state index contributed by atoms with van der Waals surface area (Å²) in [4.78, 5) is 26.6. The van der Waals surface area contributed by atoms with E-state index in [2.05, 4.69) is 5.32 Å². The number of nitrogens with one attached hydrogen (secondary N) is 1. The van der Waals surface area contributed by atoms with Crippen molar-refractivity contribution in [3.63, 3.8) is 0 Å². The monoisotopic (exact) mass is 412 g/mol. The van der Waals surface area contributed by atoms with E-state index in [0.29, 0.717) is 22.8 Å². The number of ether oxygens (including phenoxy) is 3. The highest BCUT2D eigenvalue weighted by Gasteiger charge is 2.49. The lowest BCUT2D eigenvalue weighted by molar-refractivity contribution is -0.132. The number of imide groups is 1. The fourth-order valence-corrected chi connectivity index (χ4v) is 3.74. The van der Waals surface area contributed by atoms with Crippen LogP contribution in [0.4, 0.5) is 4.79 Å². The molecular weight excluding hydrogens is 388 g/mol. The fourth-order valence-electron chi connectivity index (χ4n) is 3.74. The summed E-state index contributed by atoms with van der Waals surface area (Å²) >= 11 is 0. The summed E-state index contributed by atoms with van der Waals surface area (Å²) in [6, 6.07) is 10.3. The SMILES string of the molecule is Cc1cccc(C)c1OC[C@H](O)CN1C(=O)N[C@@](C)(c2ccc3c(c2)OCO3)C1=O. The molecule has 0 unspecified atom stereocenters. The maximum absolute atomic E-state index is 13.1. The number of carbonyl (C=O) groups is 2. The molecule has 2 aromatic rings. The van der Waals surface area contributed by atoms with Crippen LogP contribution in [-0.4, -0.2) is 48.0 Å². The van der Waals surface area contributed by atoms with Gasteiger partial charge < -0.3 is 24.6 Å². The standard InChI is InChI=1S/C22H24N2O6/c1-13-5-4-6-14(2)19(13)28-11-16(25)10-24-20(26)22(3,23-21(24)27)15-7-8-17-18(9-15)30-12-29-17/h4-9,16,25H,10-12H2,1-3H3,(H,23,27)/t16-,22+/m1/s1. The van der Waals surface area contributed by atoms with Crippen LogP contribution in [-0.2, 0) is 10.3 Å². The Bertz CT molecular complexity index is 987. The predicted octanol–water partition coefficient (Wildman–Crippen LogP) is 2.24. The van der Waals surface area contributed by atoms with Gasteiger partial charge in [0.05, 0.1) is 6.54 Å². The lowest BCUT2D eigenvalue weighted by Crippen LogP contribution is -2.42. The number of urea groups is 1. The molecule has 0 aliphatic carbocycles. The van der Waals surface area contributed by atoms with Crippen molar-refractivity contribution in [2.45, 2.75) is 32.4 Å².